The summed E-state index contributed by atoms with van der Waals surface area (Å²) in [6.07, 6.45) is 5.81. The van der Waals surface area contributed by atoms with Crippen LogP contribution in [0, 0.1) is 0 Å². The van der Waals surface area contributed by atoms with Crippen LogP contribution < -0.4 is 5.32 Å². The lowest BCUT2D eigenvalue weighted by atomic mass is 10.1. The second-order valence-electron chi connectivity index (χ2n) is 6.86. The van der Waals surface area contributed by atoms with Crippen LogP contribution in [0.15, 0.2) is 42.9 Å². The number of amides is 1. The van der Waals surface area contributed by atoms with Gasteiger partial charge in [0, 0.05) is 29.9 Å². The van der Waals surface area contributed by atoms with Crippen molar-refractivity contribution in [3.8, 4) is 0 Å². The largest absolute Gasteiger partial charge is 0.453 e. The van der Waals surface area contributed by atoms with Crippen LogP contribution in [-0.4, -0.2) is 56.3 Å². The molecule has 3 aromatic heterocycles. The van der Waals surface area contributed by atoms with Crippen molar-refractivity contribution in [3.05, 3.63) is 48.6 Å². The molecule has 4 heterocycles. The van der Waals surface area contributed by atoms with Crippen LogP contribution in [0.2, 0.25) is 0 Å². The second-order valence-corrected chi connectivity index (χ2v) is 6.86. The molecule has 1 amide bonds. The number of nitrogens with one attached hydrogen (secondary N) is 3. The molecular formula is C20H19N7O2. The summed E-state index contributed by atoms with van der Waals surface area (Å²) in [6.45, 7) is 1.15. The number of H-pyrrole nitrogens is 2. The first kappa shape index (κ1) is 17.2. The zero-order chi connectivity index (χ0) is 19.8. The minimum absolute atomic E-state index is 0.302. The first-order chi connectivity index (χ1) is 14.2. The van der Waals surface area contributed by atoms with Crippen molar-refractivity contribution >= 4 is 45.1 Å². The van der Waals surface area contributed by atoms with E-state index >= 15 is 0 Å². The number of methoxy groups -OCH3 is 1. The predicted octanol–water partition coefficient (Wildman–Crippen LogP) is 3.43. The maximum Gasteiger partial charge on any atom is 0.409 e. The Morgan fingerprint density at radius 2 is 2.21 bits per heavy atom. The van der Waals surface area contributed by atoms with Crippen molar-refractivity contribution in [2.24, 2.45) is 0 Å². The standard InChI is InChI=1S/C20H19N7O2/c1-29-20(28)27-6-4-12(5-7-27)17-9-15-18(21-11-22-19(15)25-17)24-14-2-3-16-13(8-14)10-23-26-16/h2-4,8-11H,5-7H2,1H3,(H,23,26)(H2,21,22,24,25). The molecule has 0 saturated heterocycles. The Hall–Kier alpha value is -3.88. The lowest BCUT2D eigenvalue weighted by molar-refractivity contribution is 0.128. The first-order valence-corrected chi connectivity index (χ1v) is 9.27. The van der Waals surface area contributed by atoms with Gasteiger partial charge in [-0.15, -0.1) is 0 Å². The molecule has 0 aliphatic carbocycles. The molecule has 3 N–H and O–H groups in total. The van der Waals surface area contributed by atoms with Crippen molar-refractivity contribution in [1.82, 2.24) is 30.0 Å². The van der Waals surface area contributed by atoms with Gasteiger partial charge in [0.2, 0.25) is 0 Å². The molecule has 0 fully saturated rings. The predicted molar refractivity (Wildman–Crippen MR) is 110 cm³/mol. The Bertz CT molecular complexity index is 1240. The number of aromatic nitrogens is 5. The van der Waals surface area contributed by atoms with Crippen molar-refractivity contribution < 1.29 is 9.53 Å². The second kappa shape index (κ2) is 6.93. The highest BCUT2D eigenvalue weighted by molar-refractivity contribution is 5.93. The van der Waals surface area contributed by atoms with E-state index in [1.165, 1.54) is 13.4 Å². The molecule has 0 bridgehead atoms. The van der Waals surface area contributed by atoms with Gasteiger partial charge in [0.25, 0.3) is 0 Å². The van der Waals surface area contributed by atoms with E-state index in [0.717, 1.165) is 51.1 Å². The van der Waals surface area contributed by atoms with Gasteiger partial charge in [-0.3, -0.25) is 5.10 Å². The fraction of sp³-hybridized carbons (Fsp3) is 0.200. The van der Waals surface area contributed by atoms with Gasteiger partial charge in [0.05, 0.1) is 24.2 Å². The number of rotatable bonds is 3. The Balaban J connectivity index is 1.44. The fourth-order valence-electron chi connectivity index (χ4n) is 3.58. The minimum Gasteiger partial charge on any atom is -0.453 e. The molecule has 4 aromatic rings. The van der Waals surface area contributed by atoms with Crippen molar-refractivity contribution in [2.75, 3.05) is 25.5 Å². The minimum atomic E-state index is -0.302. The summed E-state index contributed by atoms with van der Waals surface area (Å²) in [5, 5.41) is 12.3. The van der Waals surface area contributed by atoms with Crippen LogP contribution in [0.1, 0.15) is 12.1 Å². The smallest absolute Gasteiger partial charge is 0.409 e. The highest BCUT2D eigenvalue weighted by atomic mass is 16.5. The summed E-state index contributed by atoms with van der Waals surface area (Å²) < 4.78 is 4.79. The number of ether oxygens (including phenoxy) is 1. The molecule has 0 unspecified atom stereocenters. The molecule has 146 valence electrons. The van der Waals surface area contributed by atoms with E-state index in [0.29, 0.717) is 13.1 Å². The third kappa shape index (κ3) is 3.16. The third-order valence-corrected chi connectivity index (χ3v) is 5.12. The molecule has 9 nitrogen and oxygen atoms in total. The van der Waals surface area contributed by atoms with E-state index in [4.69, 9.17) is 4.74 Å². The number of carbonyl (C=O) groups excluding carboxylic acids is 1. The molecule has 29 heavy (non-hydrogen) atoms. The lowest BCUT2D eigenvalue weighted by Gasteiger charge is -2.24. The summed E-state index contributed by atoms with van der Waals surface area (Å²) in [4.78, 5) is 25.5. The Morgan fingerprint density at radius 1 is 1.28 bits per heavy atom. The number of benzene rings is 1. The molecule has 5 rings (SSSR count). The SMILES string of the molecule is COC(=O)N1CC=C(c2cc3c(Nc4ccc5[nH]ncc5c4)ncnc3[nH]2)CC1. The quantitative estimate of drug-likeness (QED) is 0.495. The topological polar surface area (TPSA) is 112 Å². The van der Waals surface area contributed by atoms with Gasteiger partial charge in [0.1, 0.15) is 17.8 Å². The van der Waals surface area contributed by atoms with Crippen LogP contribution >= 0.6 is 0 Å². The zero-order valence-electron chi connectivity index (χ0n) is 15.8. The molecule has 9 heteroatoms. The monoisotopic (exact) mass is 389 g/mol. The third-order valence-electron chi connectivity index (χ3n) is 5.12. The number of aromatic amines is 2. The van der Waals surface area contributed by atoms with Gasteiger partial charge in [-0.05, 0) is 36.3 Å². The average molecular weight is 389 g/mol. The Kier molecular flexibility index (Phi) is 4.12. The van der Waals surface area contributed by atoms with Crippen LogP contribution in [0.25, 0.3) is 27.5 Å². The Morgan fingerprint density at radius 3 is 3.03 bits per heavy atom. The fourth-order valence-corrected chi connectivity index (χ4v) is 3.58. The summed E-state index contributed by atoms with van der Waals surface area (Å²) >= 11 is 0. The van der Waals surface area contributed by atoms with E-state index < -0.39 is 0 Å². The van der Waals surface area contributed by atoms with E-state index in [1.807, 2.05) is 30.3 Å². The number of fused-ring (bicyclic) bond motifs is 2. The number of anilines is 2. The molecule has 1 aliphatic heterocycles. The van der Waals surface area contributed by atoms with Crippen molar-refractivity contribution in [2.45, 2.75) is 6.42 Å². The van der Waals surface area contributed by atoms with Crippen LogP contribution in [-0.2, 0) is 4.74 Å². The number of nitrogens with zero attached hydrogens (tertiary/aromatic N) is 4. The van der Waals surface area contributed by atoms with Crippen LogP contribution in [0.3, 0.4) is 0 Å². The van der Waals surface area contributed by atoms with Crippen molar-refractivity contribution in [1.29, 1.82) is 0 Å². The summed E-state index contributed by atoms with van der Waals surface area (Å²) in [5.41, 5.74) is 4.80. The summed E-state index contributed by atoms with van der Waals surface area (Å²) in [5.74, 6) is 0.730. The molecule has 1 aliphatic rings. The van der Waals surface area contributed by atoms with E-state index in [2.05, 4.69) is 30.5 Å². The van der Waals surface area contributed by atoms with Gasteiger partial charge in [0.15, 0.2) is 0 Å². The lowest BCUT2D eigenvalue weighted by Crippen LogP contribution is -2.34. The van der Waals surface area contributed by atoms with Crippen LogP contribution in [0.5, 0.6) is 0 Å². The van der Waals surface area contributed by atoms with Gasteiger partial charge in [-0.25, -0.2) is 14.8 Å². The van der Waals surface area contributed by atoms with E-state index in [9.17, 15) is 4.79 Å². The van der Waals surface area contributed by atoms with E-state index in [1.54, 1.807) is 11.1 Å². The van der Waals surface area contributed by atoms with Gasteiger partial charge in [-0.1, -0.05) is 6.08 Å². The highest BCUT2D eigenvalue weighted by Gasteiger charge is 2.19. The number of hydrogen-bond acceptors (Lipinski definition) is 6. The maximum absolute atomic E-state index is 11.7. The van der Waals surface area contributed by atoms with Crippen molar-refractivity contribution in [3.63, 3.8) is 0 Å². The normalized spacial score (nSPS) is 14.2. The number of carbonyl (C=O) groups is 1. The van der Waals surface area contributed by atoms with Gasteiger partial charge >= 0.3 is 6.09 Å². The highest BCUT2D eigenvalue weighted by Crippen LogP contribution is 2.29. The molecular weight excluding hydrogens is 370 g/mol. The number of hydrogen-bond donors (Lipinski definition) is 3. The summed E-state index contributed by atoms with van der Waals surface area (Å²) in [6, 6.07) is 8.03. The zero-order valence-corrected chi connectivity index (χ0v) is 15.8. The molecule has 0 atom stereocenters. The van der Waals surface area contributed by atoms with Gasteiger partial charge < -0.3 is 19.9 Å². The first-order valence-electron chi connectivity index (χ1n) is 9.27. The van der Waals surface area contributed by atoms with Gasteiger partial charge in [-0.2, -0.15) is 5.10 Å². The molecule has 0 spiro atoms. The summed E-state index contributed by atoms with van der Waals surface area (Å²) in [7, 11) is 1.40. The van der Waals surface area contributed by atoms with E-state index in [-0.39, 0.29) is 6.09 Å². The molecule has 0 saturated carbocycles. The Labute approximate surface area is 165 Å². The molecule has 0 radical (unpaired) electrons. The maximum atomic E-state index is 11.7. The molecule has 1 aromatic carbocycles. The van der Waals surface area contributed by atoms with Crippen LogP contribution in [0.4, 0.5) is 16.3 Å². The average Bonchev–Trinajstić information content (AvgIpc) is 3.40.